The van der Waals surface area contributed by atoms with Crippen molar-refractivity contribution in [1.82, 2.24) is 9.78 Å². The predicted octanol–water partition coefficient (Wildman–Crippen LogP) is 1.33. The van der Waals surface area contributed by atoms with E-state index in [1.807, 2.05) is 41.9 Å². The number of aromatic nitrogens is 2. The molecular formula is C12H18N4O. The molecule has 5 heteroatoms. The number of anilines is 2. The number of methoxy groups -OCH3 is 1. The maximum Gasteiger partial charge on any atom is 0.158 e. The van der Waals surface area contributed by atoms with Gasteiger partial charge in [-0.3, -0.25) is 4.68 Å². The standard InChI is InChI=1S/C12H18N4O/c1-15(2)12-10-8-9(13)4-5-11(10)16(14-12)6-7-17-3/h4-5,8H,6-7,13H2,1-3H3. The lowest BCUT2D eigenvalue weighted by Gasteiger charge is -2.08. The van der Waals surface area contributed by atoms with Crippen LogP contribution in [0, 0.1) is 0 Å². The quantitative estimate of drug-likeness (QED) is 0.811. The van der Waals surface area contributed by atoms with Gasteiger partial charge in [-0.15, -0.1) is 0 Å². The molecule has 0 saturated carbocycles. The molecule has 2 aromatic rings. The molecule has 0 unspecified atom stereocenters. The molecule has 1 heterocycles. The Bertz CT molecular complexity index is 518. The van der Waals surface area contributed by atoms with E-state index < -0.39 is 0 Å². The van der Waals surface area contributed by atoms with Crippen LogP contribution in [-0.4, -0.2) is 37.6 Å². The number of hydrogen-bond acceptors (Lipinski definition) is 4. The zero-order valence-electron chi connectivity index (χ0n) is 10.5. The first-order valence-corrected chi connectivity index (χ1v) is 5.56. The van der Waals surface area contributed by atoms with Gasteiger partial charge in [0.05, 0.1) is 18.7 Å². The summed E-state index contributed by atoms with van der Waals surface area (Å²) in [5, 5.41) is 5.65. The Labute approximate surface area is 101 Å². The summed E-state index contributed by atoms with van der Waals surface area (Å²) in [7, 11) is 5.65. The van der Waals surface area contributed by atoms with Crippen molar-refractivity contribution in [2.24, 2.45) is 0 Å². The topological polar surface area (TPSA) is 56.3 Å². The summed E-state index contributed by atoms with van der Waals surface area (Å²) < 4.78 is 7.04. The smallest absolute Gasteiger partial charge is 0.158 e. The lowest BCUT2D eigenvalue weighted by atomic mass is 10.2. The minimum atomic E-state index is 0.647. The fraction of sp³-hybridized carbons (Fsp3) is 0.417. The lowest BCUT2D eigenvalue weighted by molar-refractivity contribution is 0.185. The van der Waals surface area contributed by atoms with Gasteiger partial charge in [-0.25, -0.2) is 0 Å². The highest BCUT2D eigenvalue weighted by Crippen LogP contribution is 2.26. The van der Waals surface area contributed by atoms with E-state index in [0.717, 1.165) is 29.0 Å². The van der Waals surface area contributed by atoms with Crippen LogP contribution in [0.25, 0.3) is 10.9 Å². The van der Waals surface area contributed by atoms with Crippen LogP contribution in [0.4, 0.5) is 11.5 Å². The number of ether oxygens (including phenoxy) is 1. The third-order valence-corrected chi connectivity index (χ3v) is 2.69. The molecule has 17 heavy (non-hydrogen) atoms. The van der Waals surface area contributed by atoms with Crippen molar-refractivity contribution >= 4 is 22.4 Å². The molecule has 2 rings (SSSR count). The summed E-state index contributed by atoms with van der Waals surface area (Å²) in [6.45, 7) is 1.39. The zero-order chi connectivity index (χ0) is 12.4. The van der Waals surface area contributed by atoms with Gasteiger partial charge in [0.2, 0.25) is 0 Å². The van der Waals surface area contributed by atoms with Gasteiger partial charge >= 0.3 is 0 Å². The summed E-state index contributed by atoms with van der Waals surface area (Å²) in [5.74, 6) is 0.934. The molecule has 0 fully saturated rings. The number of rotatable bonds is 4. The van der Waals surface area contributed by atoms with Crippen molar-refractivity contribution in [2.45, 2.75) is 6.54 Å². The summed E-state index contributed by atoms with van der Waals surface area (Å²) in [6, 6.07) is 5.86. The molecule has 0 spiro atoms. The lowest BCUT2D eigenvalue weighted by Crippen LogP contribution is -2.11. The number of nitrogens with two attached hydrogens (primary N) is 1. The molecule has 2 N–H and O–H groups in total. The Balaban J connectivity index is 2.54. The van der Waals surface area contributed by atoms with Gasteiger partial charge in [0.25, 0.3) is 0 Å². The van der Waals surface area contributed by atoms with E-state index in [2.05, 4.69) is 5.10 Å². The summed E-state index contributed by atoms with van der Waals surface area (Å²) in [4.78, 5) is 1.99. The summed E-state index contributed by atoms with van der Waals surface area (Å²) in [6.07, 6.45) is 0. The molecule has 92 valence electrons. The Hall–Kier alpha value is -1.75. The predicted molar refractivity (Wildman–Crippen MR) is 70.3 cm³/mol. The van der Waals surface area contributed by atoms with E-state index in [1.165, 1.54) is 0 Å². The van der Waals surface area contributed by atoms with Gasteiger partial charge in [0.1, 0.15) is 0 Å². The van der Waals surface area contributed by atoms with Crippen molar-refractivity contribution in [3.05, 3.63) is 18.2 Å². The number of hydrogen-bond donors (Lipinski definition) is 1. The molecule has 0 aliphatic heterocycles. The monoisotopic (exact) mass is 234 g/mol. The minimum Gasteiger partial charge on any atom is -0.399 e. The Kier molecular flexibility index (Phi) is 3.19. The SMILES string of the molecule is COCCn1nc(N(C)C)c2cc(N)ccc21. The average molecular weight is 234 g/mol. The molecule has 0 amide bonds. The first kappa shape index (κ1) is 11.7. The number of benzene rings is 1. The highest BCUT2D eigenvalue weighted by Gasteiger charge is 2.11. The van der Waals surface area contributed by atoms with Gasteiger partial charge in [0, 0.05) is 32.3 Å². The first-order valence-electron chi connectivity index (χ1n) is 5.56. The molecule has 1 aromatic heterocycles. The summed E-state index contributed by atoms with van der Waals surface area (Å²) >= 11 is 0. The molecule has 0 atom stereocenters. The van der Waals surface area contributed by atoms with Crippen LogP contribution in [0.2, 0.25) is 0 Å². The number of nitrogens with zero attached hydrogens (tertiary/aromatic N) is 3. The van der Waals surface area contributed by atoms with E-state index in [4.69, 9.17) is 10.5 Å². The highest BCUT2D eigenvalue weighted by atomic mass is 16.5. The molecule has 0 saturated heterocycles. The highest BCUT2D eigenvalue weighted by molar-refractivity contribution is 5.92. The van der Waals surface area contributed by atoms with Gasteiger partial charge in [-0.05, 0) is 18.2 Å². The maximum atomic E-state index is 5.82. The van der Waals surface area contributed by atoms with Crippen LogP contribution in [0.15, 0.2) is 18.2 Å². The third-order valence-electron chi connectivity index (χ3n) is 2.69. The second-order valence-electron chi connectivity index (χ2n) is 4.21. The maximum absolute atomic E-state index is 5.82. The van der Waals surface area contributed by atoms with E-state index in [9.17, 15) is 0 Å². The molecular weight excluding hydrogens is 216 g/mol. The number of nitrogen functional groups attached to an aromatic ring is 1. The van der Waals surface area contributed by atoms with Crippen molar-refractivity contribution in [1.29, 1.82) is 0 Å². The van der Waals surface area contributed by atoms with Gasteiger partial charge in [-0.1, -0.05) is 0 Å². The normalized spacial score (nSPS) is 11.0. The van der Waals surface area contributed by atoms with Gasteiger partial charge in [-0.2, -0.15) is 5.10 Å². The van der Waals surface area contributed by atoms with E-state index in [0.29, 0.717) is 6.61 Å². The van der Waals surface area contributed by atoms with Crippen LogP contribution in [-0.2, 0) is 11.3 Å². The van der Waals surface area contributed by atoms with Crippen LogP contribution in [0.5, 0.6) is 0 Å². The largest absolute Gasteiger partial charge is 0.399 e. The van der Waals surface area contributed by atoms with Crippen LogP contribution in [0.1, 0.15) is 0 Å². The second kappa shape index (κ2) is 4.63. The molecule has 0 aliphatic rings. The first-order chi connectivity index (χ1) is 8.13. The number of fused-ring (bicyclic) bond motifs is 1. The van der Waals surface area contributed by atoms with E-state index in [1.54, 1.807) is 7.11 Å². The Morgan fingerprint density at radius 2 is 2.18 bits per heavy atom. The fourth-order valence-electron chi connectivity index (χ4n) is 1.86. The second-order valence-corrected chi connectivity index (χ2v) is 4.21. The zero-order valence-corrected chi connectivity index (χ0v) is 10.5. The van der Waals surface area contributed by atoms with Crippen molar-refractivity contribution < 1.29 is 4.74 Å². The van der Waals surface area contributed by atoms with Crippen molar-refractivity contribution in [2.75, 3.05) is 38.4 Å². The van der Waals surface area contributed by atoms with E-state index in [-0.39, 0.29) is 0 Å². The van der Waals surface area contributed by atoms with E-state index >= 15 is 0 Å². The van der Waals surface area contributed by atoms with Gasteiger partial charge in [0.15, 0.2) is 5.82 Å². The van der Waals surface area contributed by atoms with Crippen molar-refractivity contribution in [3.8, 4) is 0 Å². The van der Waals surface area contributed by atoms with Crippen LogP contribution < -0.4 is 10.6 Å². The molecule has 5 nitrogen and oxygen atoms in total. The Morgan fingerprint density at radius 3 is 2.82 bits per heavy atom. The minimum absolute atomic E-state index is 0.647. The van der Waals surface area contributed by atoms with Gasteiger partial charge < -0.3 is 15.4 Å². The molecule has 0 aliphatic carbocycles. The fourth-order valence-corrected chi connectivity index (χ4v) is 1.86. The molecule has 1 aromatic carbocycles. The van der Waals surface area contributed by atoms with Crippen molar-refractivity contribution in [3.63, 3.8) is 0 Å². The molecule has 0 radical (unpaired) electrons. The third kappa shape index (κ3) is 2.19. The summed E-state index contributed by atoms with van der Waals surface area (Å²) in [5.41, 5.74) is 7.66. The molecule has 0 bridgehead atoms. The van der Waals surface area contributed by atoms with Crippen LogP contribution in [0.3, 0.4) is 0 Å². The Morgan fingerprint density at radius 1 is 1.41 bits per heavy atom. The average Bonchev–Trinajstić information content (AvgIpc) is 2.64. The van der Waals surface area contributed by atoms with Crippen LogP contribution >= 0.6 is 0 Å².